The third-order valence-corrected chi connectivity index (χ3v) is 12.5. The molecule has 11 rings (SSSR count). The molecule has 1 nitrogen and oxygen atoms in total. The molecule has 8 aromatic carbocycles. The van der Waals surface area contributed by atoms with Crippen LogP contribution in [-0.4, -0.2) is 0 Å². The Bertz CT molecular complexity index is 3020. The van der Waals surface area contributed by atoms with Crippen LogP contribution < -0.4 is 0 Å². The lowest BCUT2D eigenvalue weighted by Gasteiger charge is -2.14. The average molecular weight is 685 g/mol. The molecule has 0 aliphatic carbocycles. The molecule has 0 atom stereocenters. The normalized spacial score (nSPS) is 11.9. The molecule has 0 bridgehead atoms. The van der Waals surface area contributed by atoms with Gasteiger partial charge in [-0.15, -0.1) is 22.7 Å². The van der Waals surface area contributed by atoms with E-state index in [4.69, 9.17) is 4.42 Å². The lowest BCUT2D eigenvalue weighted by atomic mass is 9.89. The first-order valence-electron chi connectivity index (χ1n) is 17.2. The number of benzene rings is 8. The standard InChI is InChI=1S/C48H28OS2/c1-4-17-41-37(12-1)40-28-31(22-23-42(40)49-41)29-10-7-11-30(24-29)32-25-33(35-15-8-20-45-47(35)38-13-2-5-18-43(38)50-45)27-34(26-32)36-16-9-21-46-48(36)39-14-3-6-19-44(39)51-46/h1-28H. The van der Waals surface area contributed by atoms with Gasteiger partial charge < -0.3 is 4.42 Å². The van der Waals surface area contributed by atoms with Gasteiger partial charge in [-0.05, 0) is 111 Å². The second kappa shape index (κ2) is 11.3. The van der Waals surface area contributed by atoms with Crippen molar-refractivity contribution in [2.75, 3.05) is 0 Å². The fourth-order valence-electron chi connectivity index (χ4n) is 7.92. The van der Waals surface area contributed by atoms with Crippen LogP contribution in [-0.2, 0) is 0 Å². The van der Waals surface area contributed by atoms with Crippen LogP contribution >= 0.6 is 22.7 Å². The van der Waals surface area contributed by atoms with E-state index in [1.807, 2.05) is 34.8 Å². The number of rotatable bonds is 4. The third-order valence-electron chi connectivity index (χ3n) is 10.3. The van der Waals surface area contributed by atoms with Gasteiger partial charge in [0.05, 0.1) is 0 Å². The van der Waals surface area contributed by atoms with Gasteiger partial charge in [0.1, 0.15) is 11.2 Å². The summed E-state index contributed by atoms with van der Waals surface area (Å²) in [5.41, 5.74) is 11.6. The maximum absolute atomic E-state index is 6.15. The van der Waals surface area contributed by atoms with Gasteiger partial charge in [-0.1, -0.05) is 103 Å². The second-order valence-electron chi connectivity index (χ2n) is 13.2. The summed E-state index contributed by atoms with van der Waals surface area (Å²) < 4.78 is 11.4. The van der Waals surface area contributed by atoms with Gasteiger partial charge in [0, 0.05) is 51.1 Å². The first-order chi connectivity index (χ1) is 25.2. The molecule has 0 N–H and O–H groups in total. The van der Waals surface area contributed by atoms with Gasteiger partial charge in [0.15, 0.2) is 0 Å². The molecule has 0 saturated carbocycles. The summed E-state index contributed by atoms with van der Waals surface area (Å²) in [4.78, 5) is 0. The summed E-state index contributed by atoms with van der Waals surface area (Å²) in [5.74, 6) is 0. The molecule has 0 radical (unpaired) electrons. The van der Waals surface area contributed by atoms with E-state index in [0.717, 1.165) is 21.9 Å². The van der Waals surface area contributed by atoms with Crippen LogP contribution in [0.15, 0.2) is 174 Å². The highest BCUT2D eigenvalue weighted by molar-refractivity contribution is 7.26. The summed E-state index contributed by atoms with van der Waals surface area (Å²) in [5, 5.41) is 7.58. The Balaban J connectivity index is 1.15. The van der Waals surface area contributed by atoms with Gasteiger partial charge in [-0.2, -0.15) is 0 Å². The molecular weight excluding hydrogens is 657 g/mol. The van der Waals surface area contributed by atoms with E-state index in [1.54, 1.807) is 0 Å². The lowest BCUT2D eigenvalue weighted by Crippen LogP contribution is -1.88. The molecule has 0 aliphatic heterocycles. The highest BCUT2D eigenvalue weighted by Gasteiger charge is 2.17. The van der Waals surface area contributed by atoms with E-state index in [2.05, 4.69) is 158 Å². The smallest absolute Gasteiger partial charge is 0.135 e. The van der Waals surface area contributed by atoms with Crippen molar-refractivity contribution >= 4 is 85.0 Å². The Morgan fingerprint density at radius 1 is 0.294 bits per heavy atom. The van der Waals surface area contributed by atoms with Gasteiger partial charge in [-0.25, -0.2) is 0 Å². The summed E-state index contributed by atoms with van der Waals surface area (Å²) in [6, 6.07) is 62.2. The van der Waals surface area contributed by atoms with Gasteiger partial charge in [0.2, 0.25) is 0 Å². The highest BCUT2D eigenvalue weighted by Crippen LogP contribution is 2.45. The highest BCUT2D eigenvalue weighted by atomic mass is 32.1. The van der Waals surface area contributed by atoms with E-state index < -0.39 is 0 Å². The molecule has 0 aliphatic rings. The molecule has 0 unspecified atom stereocenters. The van der Waals surface area contributed by atoms with Crippen LogP contribution in [0.1, 0.15) is 0 Å². The predicted octanol–water partition coefficient (Wildman–Crippen LogP) is 15.0. The van der Waals surface area contributed by atoms with Crippen molar-refractivity contribution in [3.8, 4) is 44.5 Å². The van der Waals surface area contributed by atoms with E-state index in [1.165, 1.54) is 84.9 Å². The largest absolute Gasteiger partial charge is 0.456 e. The Labute approximate surface area is 302 Å². The minimum atomic E-state index is 0.915. The number of thiophene rings is 2. The zero-order chi connectivity index (χ0) is 33.5. The molecule has 0 fully saturated rings. The number of hydrogen-bond acceptors (Lipinski definition) is 3. The van der Waals surface area contributed by atoms with Crippen LogP contribution in [0.25, 0.3) is 107 Å². The summed E-state index contributed by atoms with van der Waals surface area (Å²) in [7, 11) is 0. The van der Waals surface area contributed by atoms with Crippen LogP contribution in [0.3, 0.4) is 0 Å². The van der Waals surface area contributed by atoms with Crippen molar-refractivity contribution in [3.63, 3.8) is 0 Å². The fourth-order valence-corrected chi connectivity index (χ4v) is 10.2. The molecule has 51 heavy (non-hydrogen) atoms. The van der Waals surface area contributed by atoms with Gasteiger partial charge in [-0.3, -0.25) is 0 Å². The summed E-state index contributed by atoms with van der Waals surface area (Å²) >= 11 is 3.74. The van der Waals surface area contributed by atoms with E-state index in [0.29, 0.717) is 0 Å². The van der Waals surface area contributed by atoms with Crippen LogP contribution in [0.5, 0.6) is 0 Å². The van der Waals surface area contributed by atoms with Crippen LogP contribution in [0.4, 0.5) is 0 Å². The van der Waals surface area contributed by atoms with Crippen molar-refractivity contribution in [1.82, 2.24) is 0 Å². The number of para-hydroxylation sites is 1. The quantitative estimate of drug-likeness (QED) is 0.180. The SMILES string of the molecule is c1cc(-c2cc(-c3cccc4sc5ccccc5c34)cc(-c3cccc4sc5ccccc5c34)c2)cc(-c2ccc3oc4ccccc4c3c2)c1. The minimum absolute atomic E-state index is 0.915. The van der Waals surface area contributed by atoms with Crippen molar-refractivity contribution in [1.29, 1.82) is 0 Å². The zero-order valence-corrected chi connectivity index (χ0v) is 29.0. The molecular formula is C48H28OS2. The fraction of sp³-hybridized carbons (Fsp3) is 0. The minimum Gasteiger partial charge on any atom is -0.456 e. The molecule has 238 valence electrons. The lowest BCUT2D eigenvalue weighted by molar-refractivity contribution is 0.669. The maximum Gasteiger partial charge on any atom is 0.135 e. The monoisotopic (exact) mass is 684 g/mol. The Morgan fingerprint density at radius 3 is 1.43 bits per heavy atom. The maximum atomic E-state index is 6.15. The predicted molar refractivity (Wildman–Crippen MR) is 221 cm³/mol. The molecule has 0 saturated heterocycles. The van der Waals surface area contributed by atoms with E-state index >= 15 is 0 Å². The second-order valence-corrected chi connectivity index (χ2v) is 15.4. The average Bonchev–Trinajstić information content (AvgIpc) is 3.88. The third kappa shape index (κ3) is 4.59. The van der Waals surface area contributed by atoms with Crippen LogP contribution in [0, 0.1) is 0 Å². The number of furan rings is 1. The van der Waals surface area contributed by atoms with E-state index in [9.17, 15) is 0 Å². The number of fused-ring (bicyclic) bond motifs is 9. The molecule has 0 amide bonds. The summed E-state index contributed by atoms with van der Waals surface area (Å²) in [6.07, 6.45) is 0. The van der Waals surface area contributed by atoms with Gasteiger partial charge in [0.25, 0.3) is 0 Å². The van der Waals surface area contributed by atoms with Gasteiger partial charge >= 0.3 is 0 Å². The molecule has 11 aromatic rings. The van der Waals surface area contributed by atoms with Crippen molar-refractivity contribution in [3.05, 3.63) is 170 Å². The van der Waals surface area contributed by atoms with Crippen molar-refractivity contribution < 1.29 is 4.42 Å². The molecule has 0 spiro atoms. The number of hydrogen-bond donors (Lipinski definition) is 0. The Morgan fingerprint density at radius 2 is 0.765 bits per heavy atom. The Kier molecular flexibility index (Phi) is 6.36. The van der Waals surface area contributed by atoms with Crippen LogP contribution in [0.2, 0.25) is 0 Å². The molecule has 3 heteroatoms. The van der Waals surface area contributed by atoms with E-state index in [-0.39, 0.29) is 0 Å². The Hall–Kier alpha value is -6.00. The van der Waals surface area contributed by atoms with Crippen molar-refractivity contribution in [2.45, 2.75) is 0 Å². The first kappa shape index (κ1) is 28.8. The topological polar surface area (TPSA) is 13.1 Å². The molecule has 3 heterocycles. The summed E-state index contributed by atoms with van der Waals surface area (Å²) in [6.45, 7) is 0. The molecule has 3 aromatic heterocycles. The first-order valence-corrected chi connectivity index (χ1v) is 18.9. The zero-order valence-electron chi connectivity index (χ0n) is 27.4. The van der Waals surface area contributed by atoms with Crippen molar-refractivity contribution in [2.24, 2.45) is 0 Å².